The van der Waals surface area contributed by atoms with Crippen molar-refractivity contribution in [2.75, 3.05) is 0 Å². The number of carboxylic acids is 1. The maximum Gasteiger partial charge on any atom is 0.307 e. The molecule has 0 spiro atoms. The first-order valence-corrected chi connectivity index (χ1v) is 9.28. The summed E-state index contributed by atoms with van der Waals surface area (Å²) in [7, 11) is 0. The van der Waals surface area contributed by atoms with Gasteiger partial charge in [0.15, 0.2) is 0 Å². The number of rotatable bonds is 5. The van der Waals surface area contributed by atoms with Crippen molar-refractivity contribution in [2.24, 2.45) is 0 Å². The third kappa shape index (κ3) is 3.50. The maximum absolute atomic E-state index is 11.4. The lowest BCUT2D eigenvalue weighted by Gasteiger charge is -2.08. The van der Waals surface area contributed by atoms with Crippen LogP contribution in [0.15, 0.2) is 48.0 Å². The van der Waals surface area contributed by atoms with E-state index in [2.05, 4.69) is 69.3 Å². The van der Waals surface area contributed by atoms with E-state index in [1.54, 1.807) is 0 Å². The molecule has 0 bridgehead atoms. The zero-order valence-electron chi connectivity index (χ0n) is 16.0. The highest BCUT2D eigenvalue weighted by molar-refractivity contribution is 6.07. The van der Waals surface area contributed by atoms with Gasteiger partial charge in [0, 0.05) is 0 Å². The van der Waals surface area contributed by atoms with E-state index in [4.69, 9.17) is 0 Å². The summed E-state index contributed by atoms with van der Waals surface area (Å²) >= 11 is 0. The van der Waals surface area contributed by atoms with E-state index < -0.39 is 5.97 Å². The highest BCUT2D eigenvalue weighted by Gasteiger charge is 2.25. The zero-order chi connectivity index (χ0) is 18.8. The molecule has 2 heteroatoms. The van der Waals surface area contributed by atoms with Gasteiger partial charge < -0.3 is 5.11 Å². The van der Waals surface area contributed by atoms with Crippen LogP contribution in [0.25, 0.3) is 17.2 Å². The zero-order valence-corrected chi connectivity index (χ0v) is 16.0. The summed E-state index contributed by atoms with van der Waals surface area (Å²) < 4.78 is 0. The van der Waals surface area contributed by atoms with Gasteiger partial charge in [-0.05, 0) is 69.9 Å². The largest absolute Gasteiger partial charge is 0.481 e. The Bertz CT molecular complexity index is 896. The fourth-order valence-electron chi connectivity index (χ4n) is 3.57. The molecule has 0 saturated heterocycles. The van der Waals surface area contributed by atoms with Gasteiger partial charge in [0.25, 0.3) is 0 Å². The molecule has 0 aromatic heterocycles. The third-order valence-electron chi connectivity index (χ3n) is 5.21. The number of aliphatic carboxylic acids is 1. The second-order valence-corrected chi connectivity index (χ2v) is 7.29. The highest BCUT2D eigenvalue weighted by atomic mass is 16.4. The number of fused-ring (bicyclic) bond motifs is 1. The smallest absolute Gasteiger partial charge is 0.307 e. The number of hydrogen-bond acceptors (Lipinski definition) is 1. The monoisotopic (exact) mass is 346 g/mol. The Balaban J connectivity index is 2.09. The van der Waals surface area contributed by atoms with Gasteiger partial charge in [0.05, 0.1) is 6.42 Å². The standard InChI is InChI=1S/C24H26O2/c1-5-17-8-11-20-21(13-18-6-9-19(10-7-18)15(2)3)16(4)22(14-24(25)26)23(20)12-17/h6-13,15H,5,14H2,1-4H3,(H,25,26)/b21-13-. The lowest BCUT2D eigenvalue weighted by atomic mass is 9.97. The molecule has 26 heavy (non-hydrogen) atoms. The van der Waals surface area contributed by atoms with Crippen LogP contribution in [-0.4, -0.2) is 11.1 Å². The van der Waals surface area contributed by atoms with Gasteiger partial charge in [-0.2, -0.15) is 0 Å². The molecule has 2 nitrogen and oxygen atoms in total. The second kappa shape index (κ2) is 7.33. The number of allylic oxidation sites excluding steroid dienone is 2. The molecule has 0 heterocycles. The summed E-state index contributed by atoms with van der Waals surface area (Å²) in [5, 5.41) is 9.35. The topological polar surface area (TPSA) is 37.3 Å². The van der Waals surface area contributed by atoms with Gasteiger partial charge in [-0.15, -0.1) is 0 Å². The molecule has 3 rings (SSSR count). The summed E-state index contributed by atoms with van der Waals surface area (Å²) in [6, 6.07) is 15.1. The van der Waals surface area contributed by atoms with Crippen LogP contribution in [0.5, 0.6) is 0 Å². The number of carboxylic acid groups (broad SMARTS) is 1. The molecule has 1 aliphatic rings. The van der Waals surface area contributed by atoms with Gasteiger partial charge in [-0.1, -0.05) is 63.2 Å². The Morgan fingerprint density at radius 3 is 2.35 bits per heavy atom. The van der Waals surface area contributed by atoms with E-state index in [9.17, 15) is 9.90 Å². The summed E-state index contributed by atoms with van der Waals surface area (Å²) in [5.41, 5.74) is 9.07. The SMILES string of the molecule is CCc1ccc2c(c1)C(CC(=O)O)=C(C)/C2=C/c1ccc(C(C)C)cc1. The summed E-state index contributed by atoms with van der Waals surface area (Å²) in [4.78, 5) is 11.4. The van der Waals surface area contributed by atoms with Crippen molar-refractivity contribution in [2.45, 2.75) is 46.5 Å². The van der Waals surface area contributed by atoms with E-state index in [0.29, 0.717) is 5.92 Å². The van der Waals surface area contributed by atoms with E-state index in [1.165, 1.54) is 11.1 Å². The van der Waals surface area contributed by atoms with Crippen LogP contribution in [0.3, 0.4) is 0 Å². The number of aryl methyl sites for hydroxylation is 1. The first kappa shape index (κ1) is 18.2. The number of hydrogen-bond donors (Lipinski definition) is 1. The molecule has 134 valence electrons. The van der Waals surface area contributed by atoms with E-state index in [-0.39, 0.29) is 6.42 Å². The number of benzene rings is 2. The van der Waals surface area contributed by atoms with Gasteiger partial charge in [0.2, 0.25) is 0 Å². The van der Waals surface area contributed by atoms with Gasteiger partial charge in [-0.25, -0.2) is 0 Å². The average molecular weight is 346 g/mol. The van der Waals surface area contributed by atoms with Crippen LogP contribution in [0.2, 0.25) is 0 Å². The molecule has 0 amide bonds. The van der Waals surface area contributed by atoms with Crippen molar-refractivity contribution in [3.63, 3.8) is 0 Å². The van der Waals surface area contributed by atoms with Crippen LogP contribution in [0, 0.1) is 0 Å². The summed E-state index contributed by atoms with van der Waals surface area (Å²) in [6.07, 6.45) is 3.19. The first-order chi connectivity index (χ1) is 12.4. The van der Waals surface area contributed by atoms with Gasteiger partial charge in [0.1, 0.15) is 0 Å². The van der Waals surface area contributed by atoms with Crippen LogP contribution in [-0.2, 0) is 11.2 Å². The molecule has 0 aliphatic heterocycles. The average Bonchev–Trinajstić information content (AvgIpc) is 2.87. The first-order valence-electron chi connectivity index (χ1n) is 9.28. The molecule has 0 unspecified atom stereocenters. The molecule has 0 radical (unpaired) electrons. The van der Waals surface area contributed by atoms with Gasteiger partial charge in [-0.3, -0.25) is 4.79 Å². The Morgan fingerprint density at radius 1 is 1.08 bits per heavy atom. The van der Waals surface area contributed by atoms with Crippen molar-refractivity contribution < 1.29 is 9.90 Å². The molecule has 0 saturated carbocycles. The lowest BCUT2D eigenvalue weighted by molar-refractivity contribution is -0.135. The lowest BCUT2D eigenvalue weighted by Crippen LogP contribution is -1.97. The molecule has 2 aromatic carbocycles. The summed E-state index contributed by atoms with van der Waals surface area (Å²) in [6.45, 7) is 8.55. The Kier molecular flexibility index (Phi) is 5.13. The Labute approximate surface area is 155 Å². The van der Waals surface area contributed by atoms with Crippen molar-refractivity contribution in [1.29, 1.82) is 0 Å². The minimum atomic E-state index is -0.783. The Hall–Kier alpha value is -2.61. The van der Waals surface area contributed by atoms with Crippen molar-refractivity contribution in [1.82, 2.24) is 0 Å². The molecule has 1 N–H and O–H groups in total. The van der Waals surface area contributed by atoms with E-state index in [0.717, 1.165) is 39.8 Å². The van der Waals surface area contributed by atoms with Crippen molar-refractivity contribution in [3.05, 3.63) is 75.9 Å². The van der Waals surface area contributed by atoms with Gasteiger partial charge >= 0.3 is 5.97 Å². The highest BCUT2D eigenvalue weighted by Crippen LogP contribution is 2.44. The van der Waals surface area contributed by atoms with Crippen LogP contribution < -0.4 is 0 Å². The second-order valence-electron chi connectivity index (χ2n) is 7.29. The van der Waals surface area contributed by atoms with Crippen LogP contribution >= 0.6 is 0 Å². The fourth-order valence-corrected chi connectivity index (χ4v) is 3.57. The quantitative estimate of drug-likeness (QED) is 0.702. The predicted octanol–water partition coefficient (Wildman–Crippen LogP) is 6.17. The minimum Gasteiger partial charge on any atom is -0.481 e. The molecular weight excluding hydrogens is 320 g/mol. The molecule has 0 fully saturated rings. The summed E-state index contributed by atoms with van der Waals surface area (Å²) in [5.74, 6) is -0.269. The molecular formula is C24H26O2. The van der Waals surface area contributed by atoms with Crippen molar-refractivity contribution >= 4 is 23.2 Å². The molecule has 0 atom stereocenters. The number of carbonyl (C=O) groups is 1. The third-order valence-corrected chi connectivity index (χ3v) is 5.21. The Morgan fingerprint density at radius 2 is 1.77 bits per heavy atom. The molecule has 1 aliphatic carbocycles. The molecule has 2 aromatic rings. The normalized spacial score (nSPS) is 15.0. The fraction of sp³-hybridized carbons (Fsp3) is 0.292. The van der Waals surface area contributed by atoms with E-state index in [1.807, 2.05) is 6.92 Å². The maximum atomic E-state index is 11.4. The minimum absolute atomic E-state index is 0.0651. The predicted molar refractivity (Wildman–Crippen MR) is 109 cm³/mol. The van der Waals surface area contributed by atoms with Crippen LogP contribution in [0.4, 0.5) is 0 Å². The van der Waals surface area contributed by atoms with Crippen LogP contribution in [0.1, 0.15) is 67.9 Å². The van der Waals surface area contributed by atoms with E-state index >= 15 is 0 Å². The van der Waals surface area contributed by atoms with Crippen molar-refractivity contribution in [3.8, 4) is 0 Å².